The number of aryl methyl sites for hydroxylation is 1. The number of phenolic OH excluding ortho intramolecular Hbond substituents is 1. The third-order valence-electron chi connectivity index (χ3n) is 4.23. The Morgan fingerprint density at radius 1 is 1.15 bits per heavy atom. The number of anilines is 1. The van der Waals surface area contributed by atoms with Crippen molar-refractivity contribution in [1.82, 2.24) is 4.72 Å². The van der Waals surface area contributed by atoms with Crippen LogP contribution in [0.5, 0.6) is 5.75 Å². The molecular weight excluding hydrogens is 350 g/mol. The summed E-state index contributed by atoms with van der Waals surface area (Å²) in [6.07, 6.45) is 1.53. The Kier molecular flexibility index (Phi) is 6.39. The van der Waals surface area contributed by atoms with Gasteiger partial charge in [-0.1, -0.05) is 6.07 Å². The molecule has 2 aromatic rings. The molecule has 2 aromatic carbocycles. The maximum atomic E-state index is 12.1. The Balaban J connectivity index is 2.32. The Hall–Kier alpha value is -2.38. The third kappa shape index (κ3) is 4.42. The smallest absolute Gasteiger partial charge is 0.240 e. The number of hydrogen-bond acceptors (Lipinski definition) is 5. The number of phenols is 1. The summed E-state index contributed by atoms with van der Waals surface area (Å²) in [6, 6.07) is 10.4. The van der Waals surface area contributed by atoms with E-state index in [1.54, 1.807) is 31.2 Å². The van der Waals surface area contributed by atoms with Crippen molar-refractivity contribution in [3.63, 3.8) is 0 Å². The van der Waals surface area contributed by atoms with Crippen molar-refractivity contribution in [2.24, 2.45) is 4.99 Å². The average molecular weight is 375 g/mol. The van der Waals surface area contributed by atoms with Gasteiger partial charge in [-0.3, -0.25) is 4.99 Å². The van der Waals surface area contributed by atoms with Crippen molar-refractivity contribution in [2.75, 3.05) is 25.0 Å². The summed E-state index contributed by atoms with van der Waals surface area (Å²) < 4.78 is 26.4. The van der Waals surface area contributed by atoms with E-state index >= 15 is 0 Å². The number of sulfonamides is 1. The third-order valence-corrected chi connectivity index (χ3v) is 5.78. The van der Waals surface area contributed by atoms with Gasteiger partial charge in [0, 0.05) is 36.6 Å². The van der Waals surface area contributed by atoms with Crippen LogP contribution in [0.25, 0.3) is 0 Å². The van der Waals surface area contributed by atoms with Crippen LogP contribution in [-0.4, -0.2) is 39.9 Å². The van der Waals surface area contributed by atoms with E-state index in [0.29, 0.717) is 16.8 Å². The number of nitrogens with zero attached hydrogens (tertiary/aromatic N) is 2. The molecule has 0 heterocycles. The lowest BCUT2D eigenvalue weighted by Gasteiger charge is -2.21. The second-order valence-electron chi connectivity index (χ2n) is 5.83. The van der Waals surface area contributed by atoms with E-state index in [1.807, 2.05) is 6.07 Å². The zero-order chi connectivity index (χ0) is 19.3. The van der Waals surface area contributed by atoms with Crippen molar-refractivity contribution in [2.45, 2.75) is 25.7 Å². The van der Waals surface area contributed by atoms with Crippen LogP contribution in [0.1, 0.15) is 25.0 Å². The van der Waals surface area contributed by atoms with Gasteiger partial charge in [0.05, 0.1) is 10.6 Å². The van der Waals surface area contributed by atoms with E-state index in [1.165, 1.54) is 19.3 Å². The molecule has 0 unspecified atom stereocenters. The molecule has 2 rings (SSSR count). The van der Waals surface area contributed by atoms with Crippen molar-refractivity contribution in [3.8, 4) is 5.75 Å². The molecular formula is C19H25N3O3S. The molecule has 0 aliphatic rings. The van der Waals surface area contributed by atoms with Crippen LogP contribution in [0.2, 0.25) is 0 Å². The fourth-order valence-corrected chi connectivity index (χ4v) is 3.63. The van der Waals surface area contributed by atoms with E-state index in [9.17, 15) is 13.5 Å². The van der Waals surface area contributed by atoms with Crippen molar-refractivity contribution < 1.29 is 13.5 Å². The number of aliphatic imine (C=N–C) groups is 1. The Morgan fingerprint density at radius 2 is 1.85 bits per heavy atom. The molecule has 0 aliphatic carbocycles. The fraction of sp³-hybridized carbons (Fsp3) is 0.316. The highest BCUT2D eigenvalue weighted by Gasteiger charge is 2.14. The first kappa shape index (κ1) is 19.9. The highest BCUT2D eigenvalue weighted by Crippen LogP contribution is 2.25. The Morgan fingerprint density at radius 3 is 2.42 bits per heavy atom. The summed E-state index contributed by atoms with van der Waals surface area (Å²) in [4.78, 5) is 6.64. The summed E-state index contributed by atoms with van der Waals surface area (Å²) in [6.45, 7) is 7.56. The molecule has 0 bridgehead atoms. The molecule has 0 atom stereocenters. The summed E-state index contributed by atoms with van der Waals surface area (Å²) in [5, 5.41) is 10.3. The largest absolute Gasteiger partial charge is 0.507 e. The molecule has 0 saturated heterocycles. The molecule has 2 N–H and O–H groups in total. The zero-order valence-electron chi connectivity index (χ0n) is 15.5. The van der Waals surface area contributed by atoms with Gasteiger partial charge in [0.25, 0.3) is 0 Å². The molecule has 0 fully saturated rings. The molecule has 7 heteroatoms. The van der Waals surface area contributed by atoms with Gasteiger partial charge in [0.15, 0.2) is 0 Å². The van der Waals surface area contributed by atoms with E-state index in [4.69, 9.17) is 0 Å². The number of benzene rings is 2. The first-order valence-corrected chi connectivity index (χ1v) is 9.97. The van der Waals surface area contributed by atoms with Crippen LogP contribution in [0.15, 0.2) is 46.3 Å². The van der Waals surface area contributed by atoms with Crippen LogP contribution < -0.4 is 9.62 Å². The molecule has 26 heavy (non-hydrogen) atoms. The predicted octanol–water partition coefficient (Wildman–Crippen LogP) is 3.21. The minimum Gasteiger partial charge on any atom is -0.507 e. The first-order chi connectivity index (χ1) is 12.3. The monoisotopic (exact) mass is 375 g/mol. The zero-order valence-corrected chi connectivity index (χ0v) is 16.3. The normalized spacial score (nSPS) is 11.8. The van der Waals surface area contributed by atoms with Gasteiger partial charge < -0.3 is 10.0 Å². The number of nitrogens with one attached hydrogen (secondary N) is 1. The maximum absolute atomic E-state index is 12.1. The van der Waals surface area contributed by atoms with Gasteiger partial charge in [-0.15, -0.1) is 0 Å². The lowest BCUT2D eigenvalue weighted by molar-refractivity contribution is 0.474. The summed E-state index contributed by atoms with van der Waals surface area (Å²) in [5.74, 6) is 0.133. The number of aromatic hydroxyl groups is 1. The van der Waals surface area contributed by atoms with Gasteiger partial charge >= 0.3 is 0 Å². The highest BCUT2D eigenvalue weighted by atomic mass is 32.2. The summed E-state index contributed by atoms with van der Waals surface area (Å²) in [5.41, 5.74) is 2.66. The van der Waals surface area contributed by atoms with Crippen molar-refractivity contribution in [1.29, 1.82) is 0 Å². The van der Waals surface area contributed by atoms with Crippen LogP contribution in [-0.2, 0) is 10.0 Å². The van der Waals surface area contributed by atoms with E-state index in [2.05, 4.69) is 28.5 Å². The minimum absolute atomic E-state index is 0.133. The van der Waals surface area contributed by atoms with Gasteiger partial charge in [0.1, 0.15) is 5.75 Å². The minimum atomic E-state index is -3.54. The lowest BCUT2D eigenvalue weighted by atomic mass is 10.1. The van der Waals surface area contributed by atoms with Gasteiger partial charge in [-0.05, 0) is 57.6 Å². The quantitative estimate of drug-likeness (QED) is 0.728. The van der Waals surface area contributed by atoms with Crippen LogP contribution in [0.4, 0.5) is 11.4 Å². The molecule has 0 amide bonds. The second-order valence-corrected chi connectivity index (χ2v) is 7.69. The van der Waals surface area contributed by atoms with Gasteiger partial charge in [0.2, 0.25) is 10.0 Å². The molecule has 0 spiro atoms. The predicted molar refractivity (Wildman–Crippen MR) is 106 cm³/mol. The molecule has 140 valence electrons. The van der Waals surface area contributed by atoms with Gasteiger partial charge in [-0.25, -0.2) is 13.1 Å². The number of rotatable bonds is 7. The fourth-order valence-electron chi connectivity index (χ4n) is 2.64. The highest BCUT2D eigenvalue weighted by molar-refractivity contribution is 7.89. The maximum Gasteiger partial charge on any atom is 0.240 e. The Labute approximate surface area is 155 Å². The summed E-state index contributed by atoms with van der Waals surface area (Å²) in [7, 11) is -2.17. The van der Waals surface area contributed by atoms with E-state index < -0.39 is 10.0 Å². The molecule has 0 radical (unpaired) electrons. The topological polar surface area (TPSA) is 82.0 Å². The van der Waals surface area contributed by atoms with E-state index in [0.717, 1.165) is 18.8 Å². The molecule has 0 saturated carbocycles. The van der Waals surface area contributed by atoms with Crippen LogP contribution in [0, 0.1) is 6.92 Å². The van der Waals surface area contributed by atoms with Gasteiger partial charge in [-0.2, -0.15) is 0 Å². The van der Waals surface area contributed by atoms with Crippen LogP contribution in [0.3, 0.4) is 0 Å². The van der Waals surface area contributed by atoms with E-state index in [-0.39, 0.29) is 10.6 Å². The lowest BCUT2D eigenvalue weighted by Crippen LogP contribution is -2.21. The van der Waals surface area contributed by atoms with Crippen LogP contribution >= 0.6 is 0 Å². The van der Waals surface area contributed by atoms with Crippen molar-refractivity contribution >= 4 is 27.6 Å². The molecule has 6 nitrogen and oxygen atoms in total. The first-order valence-electron chi connectivity index (χ1n) is 8.48. The SMILES string of the molecule is CCN(CC)c1ccc(C=Nc2ccc(C)c(S(=O)(=O)NC)c2)c(O)c1. The second kappa shape index (κ2) is 8.33. The molecule has 0 aromatic heterocycles. The average Bonchev–Trinajstić information content (AvgIpc) is 2.63. The molecule has 0 aliphatic heterocycles. The Bertz CT molecular complexity index is 904. The standard InChI is InChI=1S/C19H25N3O3S/c1-5-22(6-2)17-10-8-15(18(23)12-17)13-21-16-9-7-14(3)19(11-16)26(24,25)20-4/h7-13,20,23H,5-6H2,1-4H3. The summed E-state index contributed by atoms with van der Waals surface area (Å²) >= 11 is 0. The van der Waals surface area contributed by atoms with Crippen molar-refractivity contribution in [3.05, 3.63) is 47.5 Å². The number of hydrogen-bond donors (Lipinski definition) is 2.